The molecule has 1 amide bonds. The van der Waals surface area contributed by atoms with Gasteiger partial charge in [-0.2, -0.15) is 0 Å². The van der Waals surface area contributed by atoms with Crippen LogP contribution in [-0.2, 0) is 4.79 Å². The summed E-state index contributed by atoms with van der Waals surface area (Å²) in [5, 5.41) is 9.15. The third-order valence-corrected chi connectivity index (χ3v) is 3.51. The van der Waals surface area contributed by atoms with Gasteiger partial charge in [-0.25, -0.2) is 4.98 Å². The minimum Gasteiger partial charge on any atom is -0.347 e. The van der Waals surface area contributed by atoms with Gasteiger partial charge in [-0.05, 0) is 13.0 Å². The molecule has 2 N–H and O–H groups in total. The largest absolute Gasteiger partial charge is 0.347 e. The molecule has 1 aromatic rings. The van der Waals surface area contributed by atoms with Crippen LogP contribution in [0.15, 0.2) is 11.6 Å². The number of nitrogens with zero attached hydrogens (tertiary/aromatic N) is 1. The summed E-state index contributed by atoms with van der Waals surface area (Å²) in [5.74, 6) is 0.0805. The summed E-state index contributed by atoms with van der Waals surface area (Å²) in [7, 11) is 0. The summed E-state index contributed by atoms with van der Waals surface area (Å²) in [4.78, 5) is 16.2. The number of nitrogens with one attached hydrogen (secondary N) is 2. The van der Waals surface area contributed by atoms with Crippen LogP contribution in [0.4, 0.5) is 0 Å². The normalized spacial score (nSPS) is 14.3. The number of hydrogen-bond acceptors (Lipinski definition) is 4. The van der Waals surface area contributed by atoms with Crippen molar-refractivity contribution in [1.29, 1.82) is 0 Å². The number of thiazole rings is 1. The molecule has 0 aromatic carbocycles. The third kappa shape index (κ3) is 4.44. The van der Waals surface area contributed by atoms with E-state index in [1.165, 1.54) is 0 Å². The van der Waals surface area contributed by atoms with Gasteiger partial charge in [-0.15, -0.1) is 11.3 Å². The Morgan fingerprint density at radius 2 is 2.29 bits per heavy atom. The molecule has 2 atom stereocenters. The number of carbonyl (C=O) groups is 1. The molecule has 2 unspecified atom stereocenters. The van der Waals surface area contributed by atoms with Gasteiger partial charge in [-0.1, -0.05) is 20.8 Å². The van der Waals surface area contributed by atoms with Crippen molar-refractivity contribution in [3.8, 4) is 0 Å². The highest BCUT2D eigenvalue weighted by Gasteiger charge is 2.18. The van der Waals surface area contributed by atoms with E-state index >= 15 is 0 Å². The first kappa shape index (κ1) is 14.1. The van der Waals surface area contributed by atoms with Gasteiger partial charge in [0, 0.05) is 24.0 Å². The van der Waals surface area contributed by atoms with E-state index in [1.807, 2.05) is 19.2 Å². The van der Waals surface area contributed by atoms with Gasteiger partial charge in [0.2, 0.25) is 5.91 Å². The minimum absolute atomic E-state index is 0.0102. The molecule has 1 rings (SSSR count). The van der Waals surface area contributed by atoms with E-state index in [4.69, 9.17) is 0 Å². The van der Waals surface area contributed by atoms with Crippen molar-refractivity contribution in [2.24, 2.45) is 5.92 Å². The van der Waals surface area contributed by atoms with Crippen molar-refractivity contribution in [3.05, 3.63) is 16.6 Å². The maximum atomic E-state index is 11.9. The quantitative estimate of drug-likeness (QED) is 0.783. The summed E-state index contributed by atoms with van der Waals surface area (Å²) in [6.07, 6.45) is 2.64. The lowest BCUT2D eigenvalue weighted by Crippen LogP contribution is -2.37. The second-order valence-corrected chi connectivity index (χ2v) is 4.97. The van der Waals surface area contributed by atoms with Crippen LogP contribution in [0, 0.1) is 5.92 Å². The first-order valence-corrected chi connectivity index (χ1v) is 6.97. The van der Waals surface area contributed by atoms with E-state index in [-0.39, 0.29) is 17.9 Å². The number of amides is 1. The molecule has 17 heavy (non-hydrogen) atoms. The summed E-state index contributed by atoms with van der Waals surface area (Å²) >= 11 is 1.59. The Labute approximate surface area is 107 Å². The molecular formula is C12H21N3OS. The Kier molecular flexibility index (Phi) is 6.15. The van der Waals surface area contributed by atoms with Gasteiger partial charge < -0.3 is 10.6 Å². The Morgan fingerprint density at radius 3 is 2.82 bits per heavy atom. The predicted octanol–water partition coefficient (Wildman–Crippen LogP) is 1.96. The van der Waals surface area contributed by atoms with Crippen LogP contribution in [0.1, 0.15) is 38.2 Å². The van der Waals surface area contributed by atoms with Crippen molar-refractivity contribution in [3.63, 3.8) is 0 Å². The topological polar surface area (TPSA) is 54.0 Å². The second-order valence-electron chi connectivity index (χ2n) is 4.05. The molecule has 0 fully saturated rings. The average Bonchev–Trinajstić information content (AvgIpc) is 2.86. The van der Waals surface area contributed by atoms with E-state index in [1.54, 1.807) is 17.5 Å². The van der Waals surface area contributed by atoms with E-state index in [0.29, 0.717) is 0 Å². The highest BCUT2D eigenvalue weighted by Crippen LogP contribution is 2.19. The first-order valence-electron chi connectivity index (χ1n) is 6.09. The molecule has 0 aliphatic heterocycles. The molecule has 0 aliphatic carbocycles. The number of aromatic nitrogens is 1. The van der Waals surface area contributed by atoms with Crippen LogP contribution in [0.2, 0.25) is 0 Å². The molecule has 0 aliphatic rings. The van der Waals surface area contributed by atoms with Crippen LogP contribution in [0.25, 0.3) is 0 Å². The van der Waals surface area contributed by atoms with Gasteiger partial charge >= 0.3 is 0 Å². The number of hydrogen-bond donors (Lipinski definition) is 2. The molecule has 0 spiro atoms. The zero-order valence-electron chi connectivity index (χ0n) is 10.7. The molecule has 0 saturated carbocycles. The van der Waals surface area contributed by atoms with Crippen LogP contribution < -0.4 is 10.6 Å². The summed E-state index contributed by atoms with van der Waals surface area (Å²) in [6.45, 7) is 7.64. The maximum absolute atomic E-state index is 11.9. The van der Waals surface area contributed by atoms with Crippen LogP contribution in [-0.4, -0.2) is 24.0 Å². The van der Waals surface area contributed by atoms with Crippen LogP contribution in [0.3, 0.4) is 0 Å². The lowest BCUT2D eigenvalue weighted by Gasteiger charge is -2.18. The van der Waals surface area contributed by atoms with Gasteiger partial charge in [0.15, 0.2) is 0 Å². The van der Waals surface area contributed by atoms with Crippen molar-refractivity contribution >= 4 is 17.2 Å². The Hall–Kier alpha value is -0.940. The molecular weight excluding hydrogens is 234 g/mol. The highest BCUT2D eigenvalue weighted by molar-refractivity contribution is 7.09. The first-order chi connectivity index (χ1) is 8.19. The van der Waals surface area contributed by atoms with Gasteiger partial charge in [0.25, 0.3) is 0 Å². The molecule has 4 nitrogen and oxygen atoms in total. The summed E-state index contributed by atoms with van der Waals surface area (Å²) in [5.41, 5.74) is 0. The monoisotopic (exact) mass is 255 g/mol. The van der Waals surface area contributed by atoms with E-state index in [9.17, 15) is 4.79 Å². The molecule has 0 saturated heterocycles. The summed E-state index contributed by atoms with van der Waals surface area (Å²) in [6, 6.07) is 0.0478. The van der Waals surface area contributed by atoms with Crippen molar-refractivity contribution < 1.29 is 4.79 Å². The van der Waals surface area contributed by atoms with Gasteiger partial charge in [0.1, 0.15) is 5.01 Å². The molecule has 0 bridgehead atoms. The Balaban J connectivity index is 2.48. The standard InChI is InChI=1S/C12H21N3OS/c1-4-10(12-14-6-7-17-12)15-11(16)9(3)8-13-5-2/h6-7,9-10,13H,4-5,8H2,1-3H3,(H,15,16). The summed E-state index contributed by atoms with van der Waals surface area (Å²) < 4.78 is 0. The van der Waals surface area contributed by atoms with Gasteiger partial charge in [-0.3, -0.25) is 4.79 Å². The molecule has 0 radical (unpaired) electrons. The third-order valence-electron chi connectivity index (χ3n) is 2.62. The Morgan fingerprint density at radius 1 is 1.53 bits per heavy atom. The maximum Gasteiger partial charge on any atom is 0.224 e. The lowest BCUT2D eigenvalue weighted by atomic mass is 10.1. The predicted molar refractivity (Wildman–Crippen MR) is 71.0 cm³/mol. The number of carbonyl (C=O) groups excluding carboxylic acids is 1. The fourth-order valence-corrected chi connectivity index (χ4v) is 2.29. The van der Waals surface area contributed by atoms with Gasteiger partial charge in [0.05, 0.1) is 6.04 Å². The SMILES string of the molecule is CCNCC(C)C(=O)NC(CC)c1nccs1. The van der Waals surface area contributed by atoms with Crippen LogP contribution in [0.5, 0.6) is 0 Å². The van der Waals surface area contributed by atoms with Crippen molar-refractivity contribution in [1.82, 2.24) is 15.6 Å². The fraction of sp³-hybridized carbons (Fsp3) is 0.667. The second kappa shape index (κ2) is 7.40. The Bertz CT molecular complexity index is 327. The zero-order valence-corrected chi connectivity index (χ0v) is 11.5. The molecule has 96 valence electrons. The smallest absolute Gasteiger partial charge is 0.224 e. The van der Waals surface area contributed by atoms with E-state index in [2.05, 4.69) is 22.5 Å². The molecule has 1 aromatic heterocycles. The number of rotatable bonds is 7. The molecule has 1 heterocycles. The van der Waals surface area contributed by atoms with E-state index < -0.39 is 0 Å². The van der Waals surface area contributed by atoms with Crippen molar-refractivity contribution in [2.75, 3.05) is 13.1 Å². The fourth-order valence-electron chi connectivity index (χ4n) is 1.51. The highest BCUT2D eigenvalue weighted by atomic mass is 32.1. The molecule has 5 heteroatoms. The van der Waals surface area contributed by atoms with Crippen molar-refractivity contribution in [2.45, 2.75) is 33.2 Å². The van der Waals surface area contributed by atoms with E-state index in [0.717, 1.165) is 24.5 Å². The lowest BCUT2D eigenvalue weighted by molar-refractivity contribution is -0.125. The zero-order chi connectivity index (χ0) is 12.7. The average molecular weight is 255 g/mol. The van der Waals surface area contributed by atoms with Crippen LogP contribution >= 0.6 is 11.3 Å². The minimum atomic E-state index is -0.0102.